The molecule has 20 heavy (non-hydrogen) atoms. The Hall–Kier alpha value is -1.36. The smallest absolute Gasteiger partial charge is 0.227 e. The number of amides is 1. The molecule has 2 heterocycles. The molecule has 0 aromatic carbocycles. The van der Waals surface area contributed by atoms with Gasteiger partial charge in [0.15, 0.2) is 0 Å². The maximum atomic E-state index is 12.6. The normalized spacial score (nSPS) is 22.8. The summed E-state index contributed by atoms with van der Waals surface area (Å²) in [7, 11) is 1.90. The molecule has 1 aromatic heterocycles. The summed E-state index contributed by atoms with van der Waals surface area (Å²) in [5.41, 5.74) is 1.86. The van der Waals surface area contributed by atoms with Crippen LogP contribution in [0.5, 0.6) is 0 Å². The second-order valence-corrected chi connectivity index (χ2v) is 5.91. The summed E-state index contributed by atoms with van der Waals surface area (Å²) in [5, 5.41) is 10.8. The van der Waals surface area contributed by atoms with Crippen molar-refractivity contribution < 1.29 is 4.79 Å². The van der Waals surface area contributed by atoms with Crippen LogP contribution in [-0.4, -0.2) is 28.8 Å². The van der Waals surface area contributed by atoms with E-state index in [1.165, 1.54) is 0 Å². The van der Waals surface area contributed by atoms with Crippen molar-refractivity contribution in [3.8, 4) is 0 Å². The van der Waals surface area contributed by atoms with Gasteiger partial charge in [0.05, 0.1) is 11.1 Å². The highest BCUT2D eigenvalue weighted by Gasteiger charge is 2.38. The zero-order valence-electron chi connectivity index (χ0n) is 12.8. The minimum absolute atomic E-state index is 0.190. The van der Waals surface area contributed by atoms with Crippen LogP contribution in [0.1, 0.15) is 43.9 Å². The quantitative estimate of drug-likeness (QED) is 0.858. The van der Waals surface area contributed by atoms with Crippen molar-refractivity contribution in [1.82, 2.24) is 20.4 Å². The van der Waals surface area contributed by atoms with Crippen LogP contribution in [0.15, 0.2) is 6.20 Å². The number of aryl methyl sites for hydroxylation is 2. The maximum absolute atomic E-state index is 12.6. The number of rotatable bonds is 5. The largest absolute Gasteiger partial charge is 0.351 e. The summed E-state index contributed by atoms with van der Waals surface area (Å²) in [6, 6.07) is 0. The van der Waals surface area contributed by atoms with Crippen LogP contribution in [0.3, 0.4) is 0 Å². The summed E-state index contributed by atoms with van der Waals surface area (Å²) >= 11 is 0. The molecule has 0 spiro atoms. The van der Waals surface area contributed by atoms with Crippen molar-refractivity contribution in [3.05, 3.63) is 17.5 Å². The van der Waals surface area contributed by atoms with Gasteiger partial charge in [-0.3, -0.25) is 9.48 Å². The summed E-state index contributed by atoms with van der Waals surface area (Å²) in [6.07, 6.45) is 6.05. The van der Waals surface area contributed by atoms with Gasteiger partial charge in [0, 0.05) is 31.9 Å². The Bertz CT molecular complexity index is 455. The minimum Gasteiger partial charge on any atom is -0.351 e. The van der Waals surface area contributed by atoms with Gasteiger partial charge in [-0.15, -0.1) is 0 Å². The lowest BCUT2D eigenvalue weighted by Gasteiger charge is -2.36. The van der Waals surface area contributed by atoms with Crippen LogP contribution in [0.2, 0.25) is 0 Å². The van der Waals surface area contributed by atoms with E-state index in [9.17, 15) is 4.79 Å². The molecule has 0 radical (unpaired) electrons. The third-order valence-corrected chi connectivity index (χ3v) is 4.24. The molecule has 5 heteroatoms. The van der Waals surface area contributed by atoms with E-state index in [-0.39, 0.29) is 11.3 Å². The third kappa shape index (κ3) is 3.20. The number of carbonyl (C=O) groups excluding carboxylic acids is 1. The molecule has 0 bridgehead atoms. The fourth-order valence-corrected chi connectivity index (χ4v) is 3.15. The molecule has 1 atom stereocenters. The third-order valence-electron chi connectivity index (χ3n) is 4.24. The topological polar surface area (TPSA) is 59.0 Å². The van der Waals surface area contributed by atoms with Gasteiger partial charge in [-0.25, -0.2) is 0 Å². The van der Waals surface area contributed by atoms with Crippen molar-refractivity contribution in [2.45, 2.75) is 46.1 Å². The Morgan fingerprint density at radius 1 is 1.60 bits per heavy atom. The zero-order valence-corrected chi connectivity index (χ0v) is 12.8. The minimum atomic E-state index is -0.219. The lowest BCUT2D eigenvalue weighted by atomic mass is 9.76. The molecule has 2 rings (SSSR count). The molecule has 1 aliphatic heterocycles. The van der Waals surface area contributed by atoms with Crippen LogP contribution in [0.25, 0.3) is 0 Å². The van der Waals surface area contributed by atoms with Crippen molar-refractivity contribution in [3.63, 3.8) is 0 Å². The van der Waals surface area contributed by atoms with Crippen molar-refractivity contribution in [2.24, 2.45) is 12.5 Å². The molecule has 1 unspecified atom stereocenters. The van der Waals surface area contributed by atoms with Gasteiger partial charge >= 0.3 is 0 Å². The van der Waals surface area contributed by atoms with Crippen molar-refractivity contribution in [2.75, 3.05) is 13.1 Å². The predicted molar refractivity (Wildman–Crippen MR) is 79.2 cm³/mol. The maximum Gasteiger partial charge on any atom is 0.227 e. The Morgan fingerprint density at radius 2 is 2.40 bits per heavy atom. The molecule has 1 amide bonds. The fraction of sp³-hybridized carbons (Fsp3) is 0.733. The van der Waals surface area contributed by atoms with Gasteiger partial charge in [0.1, 0.15) is 0 Å². The molecule has 0 saturated carbocycles. The van der Waals surface area contributed by atoms with Gasteiger partial charge < -0.3 is 10.6 Å². The average Bonchev–Trinajstić information content (AvgIpc) is 2.75. The first-order valence-corrected chi connectivity index (χ1v) is 7.55. The van der Waals surface area contributed by atoms with Gasteiger partial charge in [0.2, 0.25) is 5.91 Å². The SMILES string of the molecule is CCCC1(C(=O)NCc2cn(C)nc2C)CCCNC1. The second kappa shape index (κ2) is 6.39. The highest BCUT2D eigenvalue weighted by molar-refractivity contribution is 5.83. The van der Waals surface area contributed by atoms with E-state index in [0.29, 0.717) is 6.54 Å². The number of hydrogen-bond donors (Lipinski definition) is 2. The summed E-state index contributed by atoms with van der Waals surface area (Å²) in [5.74, 6) is 0.190. The number of hydrogen-bond acceptors (Lipinski definition) is 3. The molecule has 1 saturated heterocycles. The molecule has 1 aliphatic rings. The van der Waals surface area contributed by atoms with E-state index in [1.807, 2.05) is 20.2 Å². The van der Waals surface area contributed by atoms with E-state index in [1.54, 1.807) is 4.68 Å². The molecule has 1 fully saturated rings. The fourth-order valence-electron chi connectivity index (χ4n) is 3.15. The first-order valence-electron chi connectivity index (χ1n) is 7.55. The molecule has 2 N–H and O–H groups in total. The van der Waals surface area contributed by atoms with Crippen LogP contribution in [0.4, 0.5) is 0 Å². The van der Waals surface area contributed by atoms with Crippen LogP contribution in [0, 0.1) is 12.3 Å². The molecule has 5 nitrogen and oxygen atoms in total. The van der Waals surface area contributed by atoms with E-state index in [2.05, 4.69) is 22.7 Å². The van der Waals surface area contributed by atoms with Crippen molar-refractivity contribution >= 4 is 5.91 Å². The molecule has 0 aliphatic carbocycles. The van der Waals surface area contributed by atoms with Gasteiger partial charge in [0.25, 0.3) is 0 Å². The highest BCUT2D eigenvalue weighted by Crippen LogP contribution is 2.32. The lowest BCUT2D eigenvalue weighted by Crippen LogP contribution is -2.50. The summed E-state index contributed by atoms with van der Waals surface area (Å²) < 4.78 is 1.79. The molecular formula is C15H26N4O. The Balaban J connectivity index is 2.00. The molecule has 1 aromatic rings. The van der Waals surface area contributed by atoms with Gasteiger partial charge in [-0.2, -0.15) is 5.10 Å². The van der Waals surface area contributed by atoms with Crippen LogP contribution < -0.4 is 10.6 Å². The van der Waals surface area contributed by atoms with E-state index < -0.39 is 0 Å². The van der Waals surface area contributed by atoms with Crippen molar-refractivity contribution in [1.29, 1.82) is 0 Å². The van der Waals surface area contributed by atoms with Gasteiger partial charge in [-0.05, 0) is 32.7 Å². The van der Waals surface area contributed by atoms with E-state index >= 15 is 0 Å². The molecular weight excluding hydrogens is 252 g/mol. The van der Waals surface area contributed by atoms with E-state index in [0.717, 1.165) is 50.0 Å². The van der Waals surface area contributed by atoms with E-state index in [4.69, 9.17) is 0 Å². The first kappa shape index (κ1) is 15.0. The lowest BCUT2D eigenvalue weighted by molar-refractivity contribution is -0.132. The number of nitrogens with one attached hydrogen (secondary N) is 2. The zero-order chi connectivity index (χ0) is 14.6. The average molecular weight is 278 g/mol. The monoisotopic (exact) mass is 278 g/mol. The Kier molecular flexibility index (Phi) is 4.81. The number of piperidine rings is 1. The Morgan fingerprint density at radius 3 is 2.95 bits per heavy atom. The highest BCUT2D eigenvalue weighted by atomic mass is 16.2. The standard InChI is InChI=1S/C15H26N4O/c1-4-6-15(7-5-8-16-11-15)14(20)17-9-13-10-19(3)18-12(13)2/h10,16H,4-9,11H2,1-3H3,(H,17,20). The van der Waals surface area contributed by atoms with Crippen LogP contribution >= 0.6 is 0 Å². The predicted octanol–water partition coefficient (Wildman–Crippen LogP) is 1.51. The number of nitrogens with zero attached hydrogens (tertiary/aromatic N) is 2. The van der Waals surface area contributed by atoms with Gasteiger partial charge in [-0.1, -0.05) is 13.3 Å². The second-order valence-electron chi connectivity index (χ2n) is 5.91. The van der Waals surface area contributed by atoms with Crippen LogP contribution in [-0.2, 0) is 18.4 Å². The number of aromatic nitrogens is 2. The number of carbonyl (C=O) groups is 1. The summed E-state index contributed by atoms with van der Waals surface area (Å²) in [4.78, 5) is 12.6. The Labute approximate surface area is 121 Å². The first-order chi connectivity index (χ1) is 9.57. The summed E-state index contributed by atoms with van der Waals surface area (Å²) in [6.45, 7) is 6.53. The molecule has 112 valence electrons.